The first kappa shape index (κ1) is 15.8. The van der Waals surface area contributed by atoms with Crippen molar-refractivity contribution >= 4 is 11.4 Å². The Balaban J connectivity index is 2.40. The lowest BCUT2D eigenvalue weighted by atomic mass is 9.83. The largest absolute Gasteiger partial charge is 0.363 e. The molecule has 2 unspecified atom stereocenters. The summed E-state index contributed by atoms with van der Waals surface area (Å²) in [6.45, 7) is 5.46. The Morgan fingerprint density at radius 2 is 2.10 bits per heavy atom. The summed E-state index contributed by atoms with van der Waals surface area (Å²) in [5.41, 5.74) is 7.92. The van der Waals surface area contributed by atoms with Gasteiger partial charge in [-0.1, -0.05) is 18.9 Å². The molecule has 0 saturated heterocycles. The van der Waals surface area contributed by atoms with Crippen LogP contribution in [0, 0.1) is 23.0 Å². The van der Waals surface area contributed by atoms with Crippen molar-refractivity contribution in [3.05, 3.63) is 33.9 Å². The summed E-state index contributed by atoms with van der Waals surface area (Å²) in [6.07, 6.45) is 4.58. The van der Waals surface area contributed by atoms with Gasteiger partial charge in [-0.25, -0.2) is 0 Å². The van der Waals surface area contributed by atoms with Crippen molar-refractivity contribution in [2.45, 2.75) is 45.6 Å². The van der Waals surface area contributed by atoms with Crippen LogP contribution in [0.3, 0.4) is 0 Å². The van der Waals surface area contributed by atoms with E-state index in [2.05, 4.69) is 11.8 Å². The molecule has 2 atom stereocenters. The molecule has 0 bridgehead atoms. The van der Waals surface area contributed by atoms with E-state index in [1.165, 1.54) is 12.8 Å². The molecule has 1 aromatic carbocycles. The third-order valence-corrected chi connectivity index (χ3v) is 4.55. The van der Waals surface area contributed by atoms with Crippen molar-refractivity contribution in [1.29, 1.82) is 0 Å². The Kier molecular flexibility index (Phi) is 5.17. The van der Waals surface area contributed by atoms with Crippen LogP contribution in [0.25, 0.3) is 0 Å². The zero-order valence-electron chi connectivity index (χ0n) is 12.9. The van der Waals surface area contributed by atoms with E-state index in [1.807, 2.05) is 13.0 Å². The summed E-state index contributed by atoms with van der Waals surface area (Å²) in [4.78, 5) is 13.3. The Morgan fingerprint density at radius 1 is 1.38 bits per heavy atom. The standard InChI is InChI=1S/C16H25N3O2/c1-3-18(14-7-5-4-6-13(14)11-17)16-10-12(2)8-9-15(16)19(20)21/h8-10,13-14H,3-7,11,17H2,1-2H3. The quantitative estimate of drug-likeness (QED) is 0.667. The smallest absolute Gasteiger partial charge is 0.292 e. The van der Waals surface area contributed by atoms with Crippen molar-refractivity contribution in [3.8, 4) is 0 Å². The summed E-state index contributed by atoms with van der Waals surface area (Å²) < 4.78 is 0. The highest BCUT2D eigenvalue weighted by molar-refractivity contribution is 5.65. The molecule has 1 saturated carbocycles. The van der Waals surface area contributed by atoms with E-state index in [0.717, 1.165) is 30.6 Å². The molecule has 0 aromatic heterocycles. The zero-order chi connectivity index (χ0) is 15.4. The van der Waals surface area contributed by atoms with Gasteiger partial charge < -0.3 is 10.6 Å². The highest BCUT2D eigenvalue weighted by atomic mass is 16.6. The van der Waals surface area contributed by atoms with Gasteiger partial charge in [0.05, 0.1) is 4.92 Å². The molecule has 1 aliphatic rings. The second-order valence-electron chi connectivity index (χ2n) is 5.88. The van der Waals surface area contributed by atoms with Gasteiger partial charge in [-0.2, -0.15) is 0 Å². The maximum atomic E-state index is 11.3. The number of nitrogens with zero attached hydrogens (tertiary/aromatic N) is 2. The Labute approximate surface area is 126 Å². The van der Waals surface area contributed by atoms with Gasteiger partial charge in [-0.05, 0) is 50.8 Å². The first-order valence-corrected chi connectivity index (χ1v) is 7.80. The molecule has 21 heavy (non-hydrogen) atoms. The third-order valence-electron chi connectivity index (χ3n) is 4.55. The topological polar surface area (TPSA) is 72.4 Å². The average molecular weight is 291 g/mol. The first-order chi connectivity index (χ1) is 10.1. The Morgan fingerprint density at radius 3 is 2.71 bits per heavy atom. The third kappa shape index (κ3) is 3.35. The van der Waals surface area contributed by atoms with Gasteiger partial charge in [0.25, 0.3) is 5.69 Å². The van der Waals surface area contributed by atoms with E-state index in [9.17, 15) is 10.1 Å². The van der Waals surface area contributed by atoms with Gasteiger partial charge in [0.15, 0.2) is 0 Å². The molecule has 0 aliphatic heterocycles. The molecule has 1 fully saturated rings. The predicted octanol–water partition coefficient (Wildman–Crippen LogP) is 3.25. The number of anilines is 1. The highest BCUT2D eigenvalue weighted by Gasteiger charge is 2.31. The van der Waals surface area contributed by atoms with Crippen molar-refractivity contribution in [2.75, 3.05) is 18.0 Å². The fourth-order valence-electron chi connectivity index (χ4n) is 3.47. The van der Waals surface area contributed by atoms with Crippen LogP contribution < -0.4 is 10.6 Å². The van der Waals surface area contributed by atoms with Gasteiger partial charge in [0.2, 0.25) is 0 Å². The normalized spacial score (nSPS) is 22.0. The van der Waals surface area contributed by atoms with Gasteiger partial charge in [0.1, 0.15) is 5.69 Å². The molecule has 5 heteroatoms. The maximum Gasteiger partial charge on any atom is 0.292 e. The molecule has 0 amide bonds. The minimum atomic E-state index is -0.280. The van der Waals surface area contributed by atoms with E-state index in [-0.39, 0.29) is 10.6 Å². The van der Waals surface area contributed by atoms with Crippen LogP contribution >= 0.6 is 0 Å². The number of aryl methyl sites for hydroxylation is 1. The van der Waals surface area contributed by atoms with Crippen LogP contribution in [0.2, 0.25) is 0 Å². The molecule has 116 valence electrons. The van der Waals surface area contributed by atoms with E-state index in [4.69, 9.17) is 5.73 Å². The lowest BCUT2D eigenvalue weighted by Gasteiger charge is -2.40. The van der Waals surface area contributed by atoms with Crippen molar-refractivity contribution < 1.29 is 4.92 Å². The second kappa shape index (κ2) is 6.89. The molecule has 2 N–H and O–H groups in total. The fourth-order valence-corrected chi connectivity index (χ4v) is 3.47. The summed E-state index contributed by atoms with van der Waals surface area (Å²) >= 11 is 0. The first-order valence-electron chi connectivity index (χ1n) is 7.80. The summed E-state index contributed by atoms with van der Waals surface area (Å²) in [6, 6.07) is 5.67. The number of nitrogens with two attached hydrogens (primary N) is 1. The van der Waals surface area contributed by atoms with Crippen molar-refractivity contribution in [3.63, 3.8) is 0 Å². The molecule has 1 aromatic rings. The van der Waals surface area contributed by atoms with Crippen LogP contribution in [-0.4, -0.2) is 24.1 Å². The molecule has 5 nitrogen and oxygen atoms in total. The molecule has 0 spiro atoms. The van der Waals surface area contributed by atoms with Crippen LogP contribution in [0.4, 0.5) is 11.4 Å². The molecule has 0 heterocycles. The molecule has 0 radical (unpaired) electrons. The van der Waals surface area contributed by atoms with Gasteiger partial charge in [0, 0.05) is 18.7 Å². The zero-order valence-corrected chi connectivity index (χ0v) is 12.9. The maximum absolute atomic E-state index is 11.3. The van der Waals surface area contributed by atoms with Crippen molar-refractivity contribution in [1.82, 2.24) is 0 Å². The van der Waals surface area contributed by atoms with Crippen LogP contribution in [0.1, 0.15) is 38.2 Å². The number of nitro benzene ring substituents is 1. The van der Waals surface area contributed by atoms with E-state index in [0.29, 0.717) is 18.5 Å². The molecule has 1 aliphatic carbocycles. The average Bonchev–Trinajstić information content (AvgIpc) is 2.48. The Hall–Kier alpha value is -1.62. The SMILES string of the molecule is CCN(c1cc(C)ccc1[N+](=O)[O-])C1CCCCC1CN. The lowest BCUT2D eigenvalue weighted by Crippen LogP contribution is -2.45. The van der Waals surface area contributed by atoms with Crippen molar-refractivity contribution in [2.24, 2.45) is 11.7 Å². The molecular weight excluding hydrogens is 266 g/mol. The van der Waals surface area contributed by atoms with E-state index >= 15 is 0 Å². The highest BCUT2D eigenvalue weighted by Crippen LogP contribution is 2.36. The number of rotatable bonds is 5. The minimum Gasteiger partial charge on any atom is -0.363 e. The second-order valence-corrected chi connectivity index (χ2v) is 5.88. The number of hydrogen-bond acceptors (Lipinski definition) is 4. The summed E-state index contributed by atoms with van der Waals surface area (Å²) in [7, 11) is 0. The summed E-state index contributed by atoms with van der Waals surface area (Å²) in [5.74, 6) is 0.429. The van der Waals surface area contributed by atoms with Crippen LogP contribution in [0.15, 0.2) is 18.2 Å². The van der Waals surface area contributed by atoms with Crippen LogP contribution in [0.5, 0.6) is 0 Å². The Bertz CT molecular complexity index is 504. The van der Waals surface area contributed by atoms with Gasteiger partial charge >= 0.3 is 0 Å². The van der Waals surface area contributed by atoms with Gasteiger partial charge in [-0.3, -0.25) is 10.1 Å². The number of hydrogen-bond donors (Lipinski definition) is 1. The molecular formula is C16H25N3O2. The lowest BCUT2D eigenvalue weighted by molar-refractivity contribution is -0.384. The van der Waals surface area contributed by atoms with Crippen LogP contribution in [-0.2, 0) is 0 Å². The van der Waals surface area contributed by atoms with Gasteiger partial charge in [-0.15, -0.1) is 0 Å². The van der Waals surface area contributed by atoms with E-state index < -0.39 is 0 Å². The minimum absolute atomic E-state index is 0.198. The van der Waals surface area contributed by atoms with E-state index in [1.54, 1.807) is 12.1 Å². The fraction of sp³-hybridized carbons (Fsp3) is 0.625. The molecule has 2 rings (SSSR count). The number of nitro groups is 1. The monoisotopic (exact) mass is 291 g/mol. The number of benzene rings is 1. The predicted molar refractivity (Wildman–Crippen MR) is 85.7 cm³/mol. The summed E-state index contributed by atoms with van der Waals surface area (Å²) in [5, 5.41) is 11.3.